The number of piperazine rings is 1. The number of nitrogens with one attached hydrogen (secondary N) is 1. The fraction of sp³-hybridized carbons (Fsp3) is 0.647. The van der Waals surface area contributed by atoms with Crippen LogP contribution in [-0.4, -0.2) is 93.9 Å². The molecule has 3 aliphatic rings. The number of carbonyl (C=O) groups is 4. The summed E-state index contributed by atoms with van der Waals surface area (Å²) < 4.78 is 0. The average molecular weight is 380 g/mol. The number of Topliss-reactive ketones (excluding diaryl/α,β-unsaturated/α-hetero) is 1. The second-order valence-electron chi connectivity index (χ2n) is 7.06. The first-order valence-electron chi connectivity index (χ1n) is 9.06. The highest BCUT2D eigenvalue weighted by molar-refractivity contribution is 6.12. The molecular formula is C17H24N4O6. The Labute approximate surface area is 156 Å². The normalized spacial score (nSPS) is 26.0. The molecule has 0 aromatic rings. The van der Waals surface area contributed by atoms with Gasteiger partial charge in [-0.25, -0.2) is 0 Å². The zero-order valence-corrected chi connectivity index (χ0v) is 15.2. The number of allylic oxidation sites excluding steroid dienone is 1. The molecule has 2 saturated heterocycles. The number of aliphatic carboxylic acids is 1. The van der Waals surface area contributed by atoms with Crippen LogP contribution in [-0.2, 0) is 19.2 Å². The zero-order chi connectivity index (χ0) is 19.7. The van der Waals surface area contributed by atoms with Crippen LogP contribution in [0, 0.1) is 5.92 Å². The summed E-state index contributed by atoms with van der Waals surface area (Å²) in [6.07, 6.45) is 1.24. The number of aliphatic hydroxyl groups is 1. The first kappa shape index (κ1) is 19.2. The number of fused-ring (bicyclic) bond motifs is 2. The number of amides is 2. The van der Waals surface area contributed by atoms with Gasteiger partial charge in [0.15, 0.2) is 5.76 Å². The van der Waals surface area contributed by atoms with Crippen molar-refractivity contribution in [2.45, 2.75) is 25.9 Å². The summed E-state index contributed by atoms with van der Waals surface area (Å²) in [5.41, 5.74) is -0.0890. The number of carbonyl (C=O) groups excluding carboxylic acids is 3. The lowest BCUT2D eigenvalue weighted by Crippen LogP contribution is -2.66. The molecule has 2 atom stereocenters. The van der Waals surface area contributed by atoms with Crippen LogP contribution in [0.25, 0.3) is 0 Å². The van der Waals surface area contributed by atoms with E-state index in [9.17, 15) is 29.4 Å². The highest BCUT2D eigenvalue weighted by Gasteiger charge is 2.48. The first-order chi connectivity index (χ1) is 12.8. The maximum atomic E-state index is 12.9. The van der Waals surface area contributed by atoms with Gasteiger partial charge in [0, 0.05) is 39.6 Å². The molecule has 10 heteroatoms. The molecular weight excluding hydrogens is 356 g/mol. The predicted molar refractivity (Wildman–Crippen MR) is 92.4 cm³/mol. The van der Waals surface area contributed by atoms with Crippen molar-refractivity contribution in [2.75, 3.05) is 39.3 Å². The molecule has 10 nitrogen and oxygen atoms in total. The SMILES string of the molecule is CC(=O)NCCCN1CCCN2C(=O)C3=C(O)C(=O)C(C(=O)O)CN3CC12. The molecule has 0 aliphatic carbocycles. The fourth-order valence-electron chi connectivity index (χ4n) is 3.95. The number of nitrogens with zero attached hydrogens (tertiary/aromatic N) is 3. The van der Waals surface area contributed by atoms with Gasteiger partial charge in [-0.3, -0.25) is 24.1 Å². The van der Waals surface area contributed by atoms with Crippen LogP contribution in [0.5, 0.6) is 0 Å². The Bertz CT molecular complexity index is 706. The van der Waals surface area contributed by atoms with Crippen molar-refractivity contribution < 1.29 is 29.4 Å². The van der Waals surface area contributed by atoms with Crippen LogP contribution >= 0.6 is 0 Å². The van der Waals surface area contributed by atoms with Gasteiger partial charge < -0.3 is 25.3 Å². The van der Waals surface area contributed by atoms with Crippen LogP contribution in [0.1, 0.15) is 19.8 Å². The first-order valence-corrected chi connectivity index (χ1v) is 9.06. The Morgan fingerprint density at radius 1 is 1.22 bits per heavy atom. The Kier molecular flexibility index (Phi) is 5.36. The Morgan fingerprint density at radius 2 is 1.96 bits per heavy atom. The molecule has 3 rings (SSSR count). The Hall–Kier alpha value is -2.62. The maximum absolute atomic E-state index is 12.9. The highest BCUT2D eigenvalue weighted by Crippen LogP contribution is 2.31. The molecule has 0 bridgehead atoms. The third-order valence-electron chi connectivity index (χ3n) is 5.26. The molecule has 2 fully saturated rings. The lowest BCUT2D eigenvalue weighted by atomic mass is 9.93. The molecule has 3 heterocycles. The Balaban J connectivity index is 1.77. The van der Waals surface area contributed by atoms with E-state index in [1.165, 1.54) is 11.8 Å². The summed E-state index contributed by atoms with van der Waals surface area (Å²) in [5.74, 6) is -4.87. The summed E-state index contributed by atoms with van der Waals surface area (Å²) in [7, 11) is 0. The molecule has 0 aromatic carbocycles. The van der Waals surface area contributed by atoms with E-state index in [0.717, 1.165) is 19.4 Å². The second kappa shape index (κ2) is 7.55. The van der Waals surface area contributed by atoms with Gasteiger partial charge in [-0.05, 0) is 12.8 Å². The van der Waals surface area contributed by atoms with Gasteiger partial charge in [0.25, 0.3) is 5.91 Å². The quantitative estimate of drug-likeness (QED) is 0.398. The maximum Gasteiger partial charge on any atom is 0.316 e. The summed E-state index contributed by atoms with van der Waals surface area (Å²) in [6.45, 7) is 4.19. The summed E-state index contributed by atoms with van der Waals surface area (Å²) >= 11 is 0. The standard InChI is InChI=1S/C17H24N4O6/c1-10(22)18-4-2-5-19-6-3-7-21-12(19)9-20-8-11(17(26)27)14(23)15(24)13(20)16(21)25/h11-12,24H,2-9H2,1H3,(H,18,22)(H,26,27). The summed E-state index contributed by atoms with van der Waals surface area (Å²) in [6, 6.07) is 0. The highest BCUT2D eigenvalue weighted by atomic mass is 16.4. The molecule has 2 unspecified atom stereocenters. The average Bonchev–Trinajstić information content (AvgIpc) is 2.61. The minimum absolute atomic E-state index is 0.0890. The topological polar surface area (TPSA) is 130 Å². The van der Waals surface area contributed by atoms with Gasteiger partial charge in [0.2, 0.25) is 11.7 Å². The third kappa shape index (κ3) is 3.61. The van der Waals surface area contributed by atoms with E-state index >= 15 is 0 Å². The Morgan fingerprint density at radius 3 is 2.63 bits per heavy atom. The second-order valence-corrected chi connectivity index (χ2v) is 7.06. The molecule has 0 saturated carbocycles. The van der Waals surface area contributed by atoms with Crippen LogP contribution in [0.4, 0.5) is 0 Å². The fourth-order valence-corrected chi connectivity index (χ4v) is 3.95. The number of hydrogen-bond acceptors (Lipinski definition) is 7. The minimum Gasteiger partial charge on any atom is -0.503 e. The molecule has 0 spiro atoms. The van der Waals surface area contributed by atoms with E-state index in [1.54, 1.807) is 4.90 Å². The molecule has 3 N–H and O–H groups in total. The van der Waals surface area contributed by atoms with Gasteiger partial charge in [-0.2, -0.15) is 0 Å². The monoisotopic (exact) mass is 380 g/mol. The molecule has 0 radical (unpaired) electrons. The minimum atomic E-state index is -1.37. The largest absolute Gasteiger partial charge is 0.503 e. The molecule has 27 heavy (non-hydrogen) atoms. The van der Waals surface area contributed by atoms with Crippen LogP contribution in [0.15, 0.2) is 11.5 Å². The zero-order valence-electron chi connectivity index (χ0n) is 15.2. The lowest BCUT2D eigenvalue weighted by molar-refractivity contribution is -0.154. The van der Waals surface area contributed by atoms with Crippen molar-refractivity contribution in [1.29, 1.82) is 0 Å². The van der Waals surface area contributed by atoms with Crippen LogP contribution in [0.2, 0.25) is 0 Å². The van der Waals surface area contributed by atoms with Gasteiger partial charge in [0.05, 0.1) is 6.54 Å². The number of carboxylic acid groups (broad SMARTS) is 1. The van der Waals surface area contributed by atoms with Crippen molar-refractivity contribution in [3.63, 3.8) is 0 Å². The lowest BCUT2D eigenvalue weighted by Gasteiger charge is -2.51. The van der Waals surface area contributed by atoms with Gasteiger partial charge in [0.1, 0.15) is 17.8 Å². The van der Waals surface area contributed by atoms with Crippen molar-refractivity contribution >= 4 is 23.6 Å². The summed E-state index contributed by atoms with van der Waals surface area (Å²) in [4.78, 5) is 52.5. The van der Waals surface area contributed by atoms with Gasteiger partial charge >= 0.3 is 5.97 Å². The van der Waals surface area contributed by atoms with Crippen molar-refractivity contribution in [2.24, 2.45) is 5.92 Å². The van der Waals surface area contributed by atoms with Gasteiger partial charge in [-0.1, -0.05) is 0 Å². The number of rotatable bonds is 5. The predicted octanol–water partition coefficient (Wildman–Crippen LogP) is -1.26. The number of aliphatic hydroxyl groups excluding tert-OH is 1. The molecule has 0 aromatic heterocycles. The van der Waals surface area contributed by atoms with Crippen molar-refractivity contribution in [3.05, 3.63) is 11.5 Å². The van der Waals surface area contributed by atoms with E-state index in [4.69, 9.17) is 0 Å². The molecule has 2 amide bonds. The van der Waals surface area contributed by atoms with Crippen molar-refractivity contribution in [3.8, 4) is 0 Å². The van der Waals surface area contributed by atoms with E-state index in [1.807, 2.05) is 0 Å². The van der Waals surface area contributed by atoms with Crippen LogP contribution < -0.4 is 5.32 Å². The van der Waals surface area contributed by atoms with E-state index < -0.39 is 29.3 Å². The van der Waals surface area contributed by atoms with E-state index in [0.29, 0.717) is 26.2 Å². The smallest absolute Gasteiger partial charge is 0.316 e. The van der Waals surface area contributed by atoms with E-state index in [-0.39, 0.29) is 24.3 Å². The van der Waals surface area contributed by atoms with E-state index in [2.05, 4.69) is 10.2 Å². The summed E-state index contributed by atoms with van der Waals surface area (Å²) in [5, 5.41) is 22.1. The van der Waals surface area contributed by atoms with Crippen molar-refractivity contribution in [1.82, 2.24) is 20.0 Å². The van der Waals surface area contributed by atoms with Crippen LogP contribution in [0.3, 0.4) is 0 Å². The number of hydrogen-bond donors (Lipinski definition) is 3. The number of carboxylic acids is 1. The third-order valence-corrected chi connectivity index (χ3v) is 5.26. The molecule has 148 valence electrons. The van der Waals surface area contributed by atoms with Gasteiger partial charge in [-0.15, -0.1) is 0 Å². The molecule has 3 aliphatic heterocycles. The number of ketones is 1.